The topological polar surface area (TPSA) is 72.1 Å². The van der Waals surface area contributed by atoms with Crippen molar-refractivity contribution >= 4 is 34.6 Å². The van der Waals surface area contributed by atoms with Gasteiger partial charge in [0.1, 0.15) is 17.1 Å². The standard InChI is InChI=1S/C20H23N3O4S/c1-25-16-4-3-5-17(26-2)18(16)19(24)22-20(28)21-14-6-8-15(9-7-14)23-10-12-27-13-11-23/h3-9H,10-13H2,1-2H3,(H2,21,22,24,28). The first kappa shape index (κ1) is 19.9. The third-order valence-corrected chi connectivity index (χ3v) is 4.59. The van der Waals surface area contributed by atoms with Crippen LogP contribution in [0.3, 0.4) is 0 Å². The molecule has 0 bridgehead atoms. The Hall–Kier alpha value is -2.84. The summed E-state index contributed by atoms with van der Waals surface area (Å²) in [5.74, 6) is 0.417. The van der Waals surface area contributed by atoms with E-state index in [1.165, 1.54) is 14.2 Å². The molecule has 148 valence electrons. The SMILES string of the molecule is COc1cccc(OC)c1C(=O)NC(=S)Nc1ccc(N2CCOCC2)cc1. The second kappa shape index (κ2) is 9.38. The Morgan fingerprint density at radius 3 is 2.21 bits per heavy atom. The Labute approximate surface area is 169 Å². The zero-order valence-electron chi connectivity index (χ0n) is 15.9. The van der Waals surface area contributed by atoms with Gasteiger partial charge in [-0.2, -0.15) is 0 Å². The molecule has 0 saturated carbocycles. The molecule has 0 spiro atoms. The zero-order valence-corrected chi connectivity index (χ0v) is 16.7. The van der Waals surface area contributed by atoms with Gasteiger partial charge in [0.2, 0.25) is 0 Å². The molecule has 3 rings (SSSR count). The second-order valence-electron chi connectivity index (χ2n) is 6.09. The lowest BCUT2D eigenvalue weighted by Crippen LogP contribution is -2.36. The fourth-order valence-electron chi connectivity index (χ4n) is 2.98. The molecule has 2 N–H and O–H groups in total. The zero-order chi connectivity index (χ0) is 19.9. The van der Waals surface area contributed by atoms with Crippen molar-refractivity contribution < 1.29 is 19.0 Å². The van der Waals surface area contributed by atoms with Crippen molar-refractivity contribution in [2.45, 2.75) is 0 Å². The molecule has 0 atom stereocenters. The molecule has 2 aromatic carbocycles. The molecule has 8 heteroatoms. The van der Waals surface area contributed by atoms with Crippen molar-refractivity contribution in [3.63, 3.8) is 0 Å². The normalized spacial score (nSPS) is 13.6. The number of hydrogen-bond acceptors (Lipinski definition) is 6. The summed E-state index contributed by atoms with van der Waals surface area (Å²) in [7, 11) is 3.00. The number of morpholine rings is 1. The number of carbonyl (C=O) groups excluding carboxylic acids is 1. The molecule has 1 heterocycles. The number of thiocarbonyl (C=S) groups is 1. The number of nitrogens with one attached hydrogen (secondary N) is 2. The van der Waals surface area contributed by atoms with Gasteiger partial charge in [-0.25, -0.2) is 0 Å². The second-order valence-corrected chi connectivity index (χ2v) is 6.50. The fourth-order valence-corrected chi connectivity index (χ4v) is 3.19. The van der Waals surface area contributed by atoms with Crippen LogP contribution in [0.1, 0.15) is 10.4 Å². The van der Waals surface area contributed by atoms with Crippen molar-refractivity contribution in [1.29, 1.82) is 0 Å². The summed E-state index contributed by atoms with van der Waals surface area (Å²) in [4.78, 5) is 14.9. The monoisotopic (exact) mass is 401 g/mol. The summed E-state index contributed by atoms with van der Waals surface area (Å²) in [6, 6.07) is 13.0. The van der Waals surface area contributed by atoms with Crippen LogP contribution >= 0.6 is 12.2 Å². The smallest absolute Gasteiger partial charge is 0.264 e. The molecule has 1 amide bonds. The fraction of sp³-hybridized carbons (Fsp3) is 0.300. The maximum atomic E-state index is 12.6. The number of anilines is 2. The van der Waals surface area contributed by atoms with Crippen molar-refractivity contribution in [1.82, 2.24) is 5.32 Å². The summed E-state index contributed by atoms with van der Waals surface area (Å²) >= 11 is 5.28. The van der Waals surface area contributed by atoms with Gasteiger partial charge >= 0.3 is 0 Å². The highest BCUT2D eigenvalue weighted by molar-refractivity contribution is 7.80. The average Bonchev–Trinajstić information content (AvgIpc) is 2.74. The molecule has 1 aliphatic rings. The van der Waals surface area contributed by atoms with Crippen LogP contribution in [-0.4, -0.2) is 51.5 Å². The molecule has 0 radical (unpaired) electrons. The van der Waals surface area contributed by atoms with Gasteiger partial charge < -0.3 is 24.4 Å². The minimum absolute atomic E-state index is 0.192. The highest BCUT2D eigenvalue weighted by atomic mass is 32.1. The predicted molar refractivity (Wildman–Crippen MR) is 113 cm³/mol. The lowest BCUT2D eigenvalue weighted by Gasteiger charge is -2.28. The van der Waals surface area contributed by atoms with E-state index in [2.05, 4.69) is 15.5 Å². The molecule has 0 aliphatic carbocycles. The van der Waals surface area contributed by atoms with Crippen LogP contribution in [0.4, 0.5) is 11.4 Å². The molecular weight excluding hydrogens is 378 g/mol. The highest BCUT2D eigenvalue weighted by Crippen LogP contribution is 2.28. The van der Waals surface area contributed by atoms with Gasteiger partial charge in [0.25, 0.3) is 5.91 Å². The van der Waals surface area contributed by atoms with Crippen LogP contribution in [0.2, 0.25) is 0 Å². The number of hydrogen-bond donors (Lipinski definition) is 2. The van der Waals surface area contributed by atoms with E-state index in [9.17, 15) is 4.79 Å². The molecular formula is C20H23N3O4S. The maximum absolute atomic E-state index is 12.6. The third-order valence-electron chi connectivity index (χ3n) is 4.38. The van der Waals surface area contributed by atoms with E-state index in [0.29, 0.717) is 17.1 Å². The first-order chi connectivity index (χ1) is 13.6. The van der Waals surface area contributed by atoms with Crippen LogP contribution in [0.15, 0.2) is 42.5 Å². The largest absolute Gasteiger partial charge is 0.496 e. The molecule has 28 heavy (non-hydrogen) atoms. The van der Waals surface area contributed by atoms with Gasteiger partial charge in [0, 0.05) is 24.5 Å². The highest BCUT2D eigenvalue weighted by Gasteiger charge is 2.19. The maximum Gasteiger partial charge on any atom is 0.264 e. The van der Waals surface area contributed by atoms with Crippen LogP contribution in [0.25, 0.3) is 0 Å². The lowest BCUT2D eigenvalue weighted by molar-refractivity contribution is 0.0971. The third kappa shape index (κ3) is 4.71. The van der Waals surface area contributed by atoms with Crippen LogP contribution in [0, 0.1) is 0 Å². The molecule has 1 fully saturated rings. The van der Waals surface area contributed by atoms with E-state index < -0.39 is 5.91 Å². The first-order valence-electron chi connectivity index (χ1n) is 8.88. The first-order valence-corrected chi connectivity index (χ1v) is 9.29. The number of nitrogens with zero attached hydrogens (tertiary/aromatic N) is 1. The van der Waals surface area contributed by atoms with E-state index in [1.54, 1.807) is 18.2 Å². The Bertz CT molecular complexity index is 814. The molecule has 1 saturated heterocycles. The molecule has 0 aromatic heterocycles. The van der Waals surface area contributed by atoms with Crippen molar-refractivity contribution in [2.24, 2.45) is 0 Å². The summed E-state index contributed by atoms with van der Waals surface area (Å²) in [6.07, 6.45) is 0. The van der Waals surface area contributed by atoms with E-state index >= 15 is 0 Å². The van der Waals surface area contributed by atoms with Crippen LogP contribution in [0.5, 0.6) is 11.5 Å². The van der Waals surface area contributed by atoms with E-state index in [-0.39, 0.29) is 5.11 Å². The van der Waals surface area contributed by atoms with Crippen LogP contribution < -0.4 is 25.0 Å². The Morgan fingerprint density at radius 1 is 1.04 bits per heavy atom. The number of benzene rings is 2. The summed E-state index contributed by atoms with van der Waals surface area (Å²) in [5.41, 5.74) is 2.20. The minimum atomic E-state index is -0.406. The van der Waals surface area contributed by atoms with Gasteiger partial charge in [-0.05, 0) is 48.6 Å². The summed E-state index contributed by atoms with van der Waals surface area (Å²) in [6.45, 7) is 3.23. The Kier molecular flexibility index (Phi) is 6.67. The minimum Gasteiger partial charge on any atom is -0.496 e. The van der Waals surface area contributed by atoms with Gasteiger partial charge in [0.05, 0.1) is 27.4 Å². The number of methoxy groups -OCH3 is 2. The average molecular weight is 401 g/mol. The van der Waals surface area contributed by atoms with Gasteiger partial charge in [-0.15, -0.1) is 0 Å². The molecule has 1 aliphatic heterocycles. The summed E-state index contributed by atoms with van der Waals surface area (Å²) in [5, 5.41) is 5.88. The summed E-state index contributed by atoms with van der Waals surface area (Å²) < 4.78 is 15.9. The van der Waals surface area contributed by atoms with Gasteiger partial charge in [0.15, 0.2) is 5.11 Å². The molecule has 2 aromatic rings. The predicted octanol–water partition coefficient (Wildman–Crippen LogP) is 2.67. The Morgan fingerprint density at radius 2 is 1.64 bits per heavy atom. The molecule has 7 nitrogen and oxygen atoms in total. The van der Waals surface area contributed by atoms with E-state index in [0.717, 1.165) is 37.7 Å². The van der Waals surface area contributed by atoms with Crippen molar-refractivity contribution in [3.05, 3.63) is 48.0 Å². The van der Waals surface area contributed by atoms with Crippen molar-refractivity contribution in [2.75, 3.05) is 50.7 Å². The number of rotatable bonds is 5. The number of ether oxygens (including phenoxy) is 3. The van der Waals surface area contributed by atoms with E-state index in [1.807, 2.05) is 24.3 Å². The quantitative estimate of drug-likeness (QED) is 0.747. The van der Waals surface area contributed by atoms with Crippen LogP contribution in [-0.2, 0) is 4.74 Å². The van der Waals surface area contributed by atoms with Gasteiger partial charge in [-0.1, -0.05) is 6.07 Å². The number of carbonyl (C=O) groups is 1. The Balaban J connectivity index is 1.63. The lowest BCUT2D eigenvalue weighted by atomic mass is 10.1. The van der Waals surface area contributed by atoms with Crippen molar-refractivity contribution in [3.8, 4) is 11.5 Å². The number of amides is 1. The molecule has 0 unspecified atom stereocenters. The van der Waals surface area contributed by atoms with E-state index in [4.69, 9.17) is 26.4 Å². The van der Waals surface area contributed by atoms with Gasteiger partial charge in [-0.3, -0.25) is 10.1 Å².